The van der Waals surface area contributed by atoms with Gasteiger partial charge in [-0.2, -0.15) is 0 Å². The average molecular weight is 718 g/mol. The highest BCUT2D eigenvalue weighted by Gasteiger charge is 2.21. The van der Waals surface area contributed by atoms with Gasteiger partial charge in [0.15, 0.2) is 17.5 Å². The number of fused-ring (bicyclic) bond motifs is 10. The van der Waals surface area contributed by atoms with E-state index >= 15 is 0 Å². The van der Waals surface area contributed by atoms with Crippen LogP contribution in [-0.4, -0.2) is 15.0 Å². The van der Waals surface area contributed by atoms with Gasteiger partial charge in [-0.05, 0) is 87.5 Å². The standard InChI is InChI=1S/C51H31N3O2/c1-2-12-31-27-33(24-23-30(31)11-1)49-52-50(34-25-26-39-38-17-7-8-21-44(38)55-46(39)29-34)54-51(53-49)42-20-10-22-45-47(42)41-19-9-18-40(48(41)56-45)43-28-32-13-3-4-14-35(32)36-15-5-6-16-37(36)43/h2-10,12-29H,1,11H2. The van der Waals surface area contributed by atoms with Crippen molar-refractivity contribution in [3.8, 4) is 45.3 Å². The molecular formula is C51H31N3O2. The molecule has 1 aliphatic carbocycles. The normalized spacial score (nSPS) is 12.8. The van der Waals surface area contributed by atoms with Gasteiger partial charge >= 0.3 is 0 Å². The SMILES string of the molecule is C1=Cc2cc(-c3nc(-c4ccc5c(c4)oc4ccccc45)nc(-c4cccc5oc6c(-c7cc8ccccc8c8ccccc78)cccc6c45)n3)ccc2CC1. The summed E-state index contributed by atoms with van der Waals surface area (Å²) in [4.78, 5) is 15.6. The lowest BCUT2D eigenvalue weighted by molar-refractivity contribution is 0.669. The fourth-order valence-electron chi connectivity index (χ4n) is 8.71. The van der Waals surface area contributed by atoms with Crippen LogP contribution < -0.4 is 0 Å². The molecule has 8 aromatic carbocycles. The molecule has 0 atom stereocenters. The molecule has 0 amide bonds. The molecule has 0 unspecified atom stereocenters. The Morgan fingerprint density at radius 1 is 0.429 bits per heavy atom. The number of benzene rings is 8. The Morgan fingerprint density at radius 2 is 1.11 bits per heavy atom. The Balaban J connectivity index is 1.09. The van der Waals surface area contributed by atoms with Crippen LogP contribution in [-0.2, 0) is 6.42 Å². The van der Waals surface area contributed by atoms with Crippen molar-refractivity contribution in [2.24, 2.45) is 0 Å². The van der Waals surface area contributed by atoms with E-state index in [1.54, 1.807) is 0 Å². The van der Waals surface area contributed by atoms with E-state index in [0.717, 1.165) is 84.5 Å². The summed E-state index contributed by atoms with van der Waals surface area (Å²) in [5.74, 6) is 1.77. The van der Waals surface area contributed by atoms with E-state index in [1.807, 2.05) is 36.4 Å². The smallest absolute Gasteiger partial charge is 0.164 e. The lowest BCUT2D eigenvalue weighted by atomic mass is 9.92. The van der Waals surface area contributed by atoms with Crippen molar-refractivity contribution in [3.63, 3.8) is 0 Å². The van der Waals surface area contributed by atoms with E-state index in [9.17, 15) is 0 Å². The third-order valence-corrected chi connectivity index (χ3v) is 11.4. The van der Waals surface area contributed by atoms with Crippen molar-refractivity contribution < 1.29 is 8.83 Å². The van der Waals surface area contributed by atoms with Gasteiger partial charge in [-0.3, -0.25) is 0 Å². The number of hydrogen-bond acceptors (Lipinski definition) is 5. The maximum atomic E-state index is 6.84. The molecule has 0 saturated heterocycles. The number of allylic oxidation sites excluding steroid dienone is 1. The van der Waals surface area contributed by atoms with Crippen molar-refractivity contribution in [1.29, 1.82) is 0 Å². The van der Waals surface area contributed by atoms with E-state index in [4.69, 9.17) is 23.8 Å². The Labute approximate surface area is 321 Å². The molecule has 11 aromatic rings. The zero-order valence-corrected chi connectivity index (χ0v) is 30.2. The van der Waals surface area contributed by atoms with Gasteiger partial charge in [0.25, 0.3) is 0 Å². The van der Waals surface area contributed by atoms with Crippen LogP contribution in [0.2, 0.25) is 0 Å². The quantitative estimate of drug-likeness (QED) is 0.170. The van der Waals surface area contributed by atoms with Gasteiger partial charge in [0.05, 0.1) is 0 Å². The maximum Gasteiger partial charge on any atom is 0.164 e. The van der Waals surface area contributed by atoms with Gasteiger partial charge in [-0.15, -0.1) is 0 Å². The van der Waals surface area contributed by atoms with E-state index in [1.165, 1.54) is 32.7 Å². The van der Waals surface area contributed by atoms with Crippen LogP contribution in [0.3, 0.4) is 0 Å². The number of para-hydroxylation sites is 2. The van der Waals surface area contributed by atoms with Crippen LogP contribution in [0.5, 0.6) is 0 Å². The third-order valence-electron chi connectivity index (χ3n) is 11.4. The zero-order chi connectivity index (χ0) is 36.7. The highest BCUT2D eigenvalue weighted by atomic mass is 16.3. The molecular weight excluding hydrogens is 687 g/mol. The number of nitrogens with zero attached hydrogens (tertiary/aromatic N) is 3. The van der Waals surface area contributed by atoms with Crippen molar-refractivity contribution in [2.45, 2.75) is 12.8 Å². The number of aromatic nitrogens is 3. The molecule has 0 N–H and O–H groups in total. The first-order valence-corrected chi connectivity index (χ1v) is 19.1. The molecule has 56 heavy (non-hydrogen) atoms. The van der Waals surface area contributed by atoms with E-state index in [2.05, 4.69) is 127 Å². The number of aryl methyl sites for hydroxylation is 1. The first-order valence-electron chi connectivity index (χ1n) is 19.1. The lowest BCUT2D eigenvalue weighted by Gasteiger charge is -2.13. The summed E-state index contributed by atoms with van der Waals surface area (Å²) < 4.78 is 13.1. The molecule has 5 nitrogen and oxygen atoms in total. The van der Waals surface area contributed by atoms with Crippen LogP contribution in [0.15, 0.2) is 167 Å². The minimum atomic E-state index is 0.578. The minimum Gasteiger partial charge on any atom is -0.456 e. The molecule has 3 heterocycles. The van der Waals surface area contributed by atoms with Crippen LogP contribution in [0.4, 0.5) is 0 Å². The largest absolute Gasteiger partial charge is 0.456 e. The summed E-state index contributed by atoms with van der Waals surface area (Å²) in [6.45, 7) is 0. The van der Waals surface area contributed by atoms with Gasteiger partial charge in [-0.1, -0.05) is 127 Å². The molecule has 12 rings (SSSR count). The second-order valence-corrected chi connectivity index (χ2v) is 14.6. The monoisotopic (exact) mass is 717 g/mol. The fourth-order valence-corrected chi connectivity index (χ4v) is 8.71. The summed E-state index contributed by atoms with van der Waals surface area (Å²) in [5, 5.41) is 8.97. The first kappa shape index (κ1) is 31.0. The molecule has 262 valence electrons. The molecule has 0 saturated carbocycles. The Hall–Kier alpha value is -7.37. The van der Waals surface area contributed by atoms with E-state index < -0.39 is 0 Å². The average Bonchev–Trinajstić information content (AvgIpc) is 3.84. The summed E-state index contributed by atoms with van der Waals surface area (Å²) in [6.07, 6.45) is 6.52. The maximum absolute atomic E-state index is 6.84. The van der Waals surface area contributed by atoms with Crippen LogP contribution in [0.1, 0.15) is 17.5 Å². The van der Waals surface area contributed by atoms with Gasteiger partial charge in [-0.25, -0.2) is 15.0 Å². The number of hydrogen-bond donors (Lipinski definition) is 0. The van der Waals surface area contributed by atoms with Gasteiger partial charge in [0, 0.05) is 43.8 Å². The lowest BCUT2D eigenvalue weighted by Crippen LogP contribution is -2.01. The van der Waals surface area contributed by atoms with Crippen LogP contribution >= 0.6 is 0 Å². The fraction of sp³-hybridized carbons (Fsp3) is 0.0392. The Morgan fingerprint density at radius 3 is 2.02 bits per heavy atom. The second kappa shape index (κ2) is 12.1. The van der Waals surface area contributed by atoms with Crippen molar-refractivity contribution in [3.05, 3.63) is 169 Å². The van der Waals surface area contributed by atoms with Gasteiger partial charge in [0.2, 0.25) is 0 Å². The van der Waals surface area contributed by atoms with E-state index in [0.29, 0.717) is 17.5 Å². The first-order chi connectivity index (χ1) is 27.7. The highest BCUT2D eigenvalue weighted by molar-refractivity contribution is 6.19. The van der Waals surface area contributed by atoms with Gasteiger partial charge < -0.3 is 8.83 Å². The molecule has 0 fully saturated rings. The van der Waals surface area contributed by atoms with Gasteiger partial charge in [0.1, 0.15) is 22.3 Å². The zero-order valence-electron chi connectivity index (χ0n) is 30.2. The predicted octanol–water partition coefficient (Wildman–Crippen LogP) is 13.6. The third kappa shape index (κ3) is 4.77. The molecule has 3 aromatic heterocycles. The summed E-state index contributed by atoms with van der Waals surface area (Å²) >= 11 is 0. The summed E-state index contributed by atoms with van der Waals surface area (Å²) in [7, 11) is 0. The van der Waals surface area contributed by atoms with Crippen molar-refractivity contribution in [1.82, 2.24) is 15.0 Å². The molecule has 0 radical (unpaired) electrons. The topological polar surface area (TPSA) is 65.0 Å². The molecule has 0 bridgehead atoms. The summed E-state index contributed by atoms with van der Waals surface area (Å²) in [5.41, 5.74) is 10.7. The van der Waals surface area contributed by atoms with Crippen molar-refractivity contribution >= 4 is 71.5 Å². The second-order valence-electron chi connectivity index (χ2n) is 14.6. The van der Waals surface area contributed by atoms with E-state index in [-0.39, 0.29) is 0 Å². The predicted molar refractivity (Wildman–Crippen MR) is 228 cm³/mol. The van der Waals surface area contributed by atoms with Crippen LogP contribution in [0, 0.1) is 0 Å². The minimum absolute atomic E-state index is 0.578. The van der Waals surface area contributed by atoms with Crippen molar-refractivity contribution in [2.75, 3.05) is 0 Å². The molecule has 5 heteroatoms. The number of rotatable bonds is 4. The molecule has 0 spiro atoms. The van der Waals surface area contributed by atoms with Crippen LogP contribution in [0.25, 0.3) is 117 Å². The molecule has 0 aliphatic heterocycles. The Kier molecular flexibility index (Phi) is 6.69. The number of furan rings is 2. The summed E-state index contributed by atoms with van der Waals surface area (Å²) in [6, 6.07) is 53.0. The highest BCUT2D eigenvalue weighted by Crippen LogP contribution is 2.43. The molecule has 1 aliphatic rings. The Bertz CT molecular complexity index is 3440.